The highest BCUT2D eigenvalue weighted by atomic mass is 16.6. The van der Waals surface area contributed by atoms with Crippen LogP contribution in [0.5, 0.6) is 0 Å². The van der Waals surface area contributed by atoms with E-state index in [-0.39, 0.29) is 5.69 Å². The van der Waals surface area contributed by atoms with Crippen molar-refractivity contribution in [2.75, 3.05) is 0 Å². The number of benzene rings is 1. The van der Waals surface area contributed by atoms with Crippen molar-refractivity contribution < 1.29 is 4.92 Å². The molecule has 0 saturated carbocycles. The third-order valence-corrected chi connectivity index (χ3v) is 3.28. The van der Waals surface area contributed by atoms with Crippen molar-refractivity contribution in [3.8, 4) is 17.1 Å². The number of hydrogen-bond donors (Lipinski definition) is 0. The fourth-order valence-corrected chi connectivity index (χ4v) is 2.20. The Morgan fingerprint density at radius 2 is 1.90 bits per heavy atom. The highest BCUT2D eigenvalue weighted by Crippen LogP contribution is 2.21. The van der Waals surface area contributed by atoms with Gasteiger partial charge in [-0.05, 0) is 31.2 Å². The summed E-state index contributed by atoms with van der Waals surface area (Å²) in [5.74, 6) is 0. The van der Waals surface area contributed by atoms with Gasteiger partial charge in [-0.3, -0.25) is 14.8 Å². The minimum absolute atomic E-state index is 0.0652. The Morgan fingerprint density at radius 3 is 2.48 bits per heavy atom. The molecule has 106 valence electrons. The second-order valence-electron chi connectivity index (χ2n) is 4.70. The molecule has 0 aliphatic carbocycles. The van der Waals surface area contributed by atoms with E-state index in [1.165, 1.54) is 12.1 Å². The molecular formula is C14H13N5O2. The van der Waals surface area contributed by atoms with Gasteiger partial charge < -0.3 is 0 Å². The van der Waals surface area contributed by atoms with Crippen LogP contribution in [0.3, 0.4) is 0 Å². The Morgan fingerprint density at radius 1 is 1.19 bits per heavy atom. The van der Waals surface area contributed by atoms with Gasteiger partial charge in [-0.15, -0.1) is 0 Å². The van der Waals surface area contributed by atoms with Crippen molar-refractivity contribution in [1.82, 2.24) is 19.6 Å². The van der Waals surface area contributed by atoms with E-state index in [0.29, 0.717) is 0 Å². The fraction of sp³-hybridized carbons (Fsp3) is 0.143. The number of nitrogens with zero attached hydrogens (tertiary/aromatic N) is 5. The fourth-order valence-electron chi connectivity index (χ4n) is 2.20. The Balaban J connectivity index is 2.02. The molecule has 3 rings (SSSR count). The van der Waals surface area contributed by atoms with Crippen molar-refractivity contribution in [1.29, 1.82) is 0 Å². The monoisotopic (exact) mass is 283 g/mol. The molecule has 0 unspecified atom stereocenters. The lowest BCUT2D eigenvalue weighted by Gasteiger charge is -2.03. The number of aryl methyl sites for hydroxylation is 2. The van der Waals surface area contributed by atoms with Gasteiger partial charge in [0, 0.05) is 31.1 Å². The van der Waals surface area contributed by atoms with E-state index in [1.807, 2.05) is 26.1 Å². The highest BCUT2D eigenvalue weighted by molar-refractivity contribution is 5.55. The Hall–Kier alpha value is -2.96. The van der Waals surface area contributed by atoms with Crippen molar-refractivity contribution in [2.45, 2.75) is 6.92 Å². The maximum atomic E-state index is 10.7. The molecule has 1 aromatic carbocycles. The van der Waals surface area contributed by atoms with E-state index in [1.54, 1.807) is 27.7 Å². The van der Waals surface area contributed by atoms with Gasteiger partial charge in [0.05, 0.1) is 16.3 Å². The van der Waals surface area contributed by atoms with Crippen LogP contribution in [-0.2, 0) is 7.05 Å². The van der Waals surface area contributed by atoms with Gasteiger partial charge in [0.25, 0.3) is 5.69 Å². The second-order valence-corrected chi connectivity index (χ2v) is 4.70. The molecule has 0 N–H and O–H groups in total. The largest absolute Gasteiger partial charge is 0.269 e. The number of rotatable bonds is 3. The van der Waals surface area contributed by atoms with Crippen LogP contribution in [0.15, 0.2) is 42.6 Å². The first-order chi connectivity index (χ1) is 10.1. The first-order valence-corrected chi connectivity index (χ1v) is 6.36. The first-order valence-electron chi connectivity index (χ1n) is 6.36. The molecule has 0 atom stereocenters. The predicted octanol–water partition coefficient (Wildman–Crippen LogP) is 2.49. The Kier molecular flexibility index (Phi) is 3.02. The van der Waals surface area contributed by atoms with Crippen LogP contribution in [0.2, 0.25) is 0 Å². The van der Waals surface area contributed by atoms with E-state index in [9.17, 15) is 10.1 Å². The topological polar surface area (TPSA) is 78.8 Å². The molecule has 0 amide bonds. The lowest BCUT2D eigenvalue weighted by Crippen LogP contribution is -2.00. The average molecular weight is 283 g/mol. The van der Waals surface area contributed by atoms with Gasteiger partial charge in [-0.25, -0.2) is 4.68 Å². The molecule has 2 heterocycles. The average Bonchev–Trinajstić information content (AvgIpc) is 3.05. The van der Waals surface area contributed by atoms with Crippen molar-refractivity contribution in [2.24, 2.45) is 7.05 Å². The van der Waals surface area contributed by atoms with Crippen LogP contribution >= 0.6 is 0 Å². The van der Waals surface area contributed by atoms with Gasteiger partial charge in [-0.1, -0.05) is 0 Å². The Bertz CT molecular complexity index is 801. The van der Waals surface area contributed by atoms with E-state index < -0.39 is 4.92 Å². The molecule has 3 aromatic rings. The molecule has 7 heteroatoms. The number of hydrogen-bond acceptors (Lipinski definition) is 4. The second kappa shape index (κ2) is 4.86. The van der Waals surface area contributed by atoms with Crippen LogP contribution in [-0.4, -0.2) is 24.5 Å². The molecule has 2 aromatic heterocycles. The summed E-state index contributed by atoms with van der Waals surface area (Å²) in [6, 6.07) is 10.2. The minimum Gasteiger partial charge on any atom is -0.266 e. The zero-order valence-electron chi connectivity index (χ0n) is 11.6. The standard InChI is InChI=1S/C14H13N5O2/c1-10-9-13(14-7-8-15-17(14)2)16-18(10)11-3-5-12(6-4-11)19(20)21/h3-9H,1-2H3. The van der Waals surface area contributed by atoms with Gasteiger partial charge in [0.15, 0.2) is 0 Å². The summed E-state index contributed by atoms with van der Waals surface area (Å²) in [7, 11) is 1.86. The van der Waals surface area contributed by atoms with Crippen LogP contribution in [0.25, 0.3) is 17.1 Å². The van der Waals surface area contributed by atoms with Crippen molar-refractivity contribution >= 4 is 5.69 Å². The molecule has 7 nitrogen and oxygen atoms in total. The summed E-state index contributed by atoms with van der Waals surface area (Å²) in [5.41, 5.74) is 3.52. The van der Waals surface area contributed by atoms with Crippen LogP contribution in [0.1, 0.15) is 5.69 Å². The van der Waals surface area contributed by atoms with Gasteiger partial charge in [0.2, 0.25) is 0 Å². The summed E-state index contributed by atoms with van der Waals surface area (Å²) in [6.45, 7) is 1.94. The lowest BCUT2D eigenvalue weighted by molar-refractivity contribution is -0.384. The van der Waals surface area contributed by atoms with Gasteiger partial charge in [0.1, 0.15) is 5.69 Å². The molecule has 0 bridgehead atoms. The predicted molar refractivity (Wildman–Crippen MR) is 77.2 cm³/mol. The zero-order valence-corrected chi connectivity index (χ0v) is 11.6. The minimum atomic E-state index is -0.416. The number of nitro benzene ring substituents is 1. The third kappa shape index (κ3) is 2.29. The zero-order chi connectivity index (χ0) is 15.0. The molecule has 0 aliphatic heterocycles. The molecule has 0 aliphatic rings. The molecule has 0 radical (unpaired) electrons. The smallest absolute Gasteiger partial charge is 0.266 e. The summed E-state index contributed by atoms with van der Waals surface area (Å²) in [4.78, 5) is 10.3. The number of non-ortho nitro benzene ring substituents is 1. The van der Waals surface area contributed by atoms with Crippen molar-refractivity contribution in [3.05, 3.63) is 58.4 Å². The maximum absolute atomic E-state index is 10.7. The summed E-state index contributed by atoms with van der Waals surface area (Å²) in [6.07, 6.45) is 1.72. The quantitative estimate of drug-likeness (QED) is 0.546. The number of nitro groups is 1. The van der Waals surface area contributed by atoms with Gasteiger partial charge in [-0.2, -0.15) is 10.2 Å². The molecular weight excluding hydrogens is 270 g/mol. The summed E-state index contributed by atoms with van der Waals surface area (Å²) < 4.78 is 3.51. The van der Waals surface area contributed by atoms with Crippen LogP contribution < -0.4 is 0 Å². The van der Waals surface area contributed by atoms with Crippen LogP contribution in [0, 0.1) is 17.0 Å². The molecule has 0 saturated heterocycles. The Labute approximate surface area is 120 Å². The molecule has 21 heavy (non-hydrogen) atoms. The van der Waals surface area contributed by atoms with Gasteiger partial charge >= 0.3 is 0 Å². The molecule has 0 spiro atoms. The normalized spacial score (nSPS) is 10.8. The summed E-state index contributed by atoms with van der Waals surface area (Å²) >= 11 is 0. The third-order valence-electron chi connectivity index (χ3n) is 3.28. The first kappa shape index (κ1) is 13.0. The number of aromatic nitrogens is 4. The summed E-state index contributed by atoms with van der Waals surface area (Å²) in [5, 5.41) is 19.4. The van der Waals surface area contributed by atoms with Crippen LogP contribution in [0.4, 0.5) is 5.69 Å². The van der Waals surface area contributed by atoms with E-state index >= 15 is 0 Å². The van der Waals surface area contributed by atoms with E-state index in [2.05, 4.69) is 10.2 Å². The van der Waals surface area contributed by atoms with E-state index in [4.69, 9.17) is 0 Å². The molecule has 0 fully saturated rings. The lowest BCUT2D eigenvalue weighted by atomic mass is 10.2. The highest BCUT2D eigenvalue weighted by Gasteiger charge is 2.12. The maximum Gasteiger partial charge on any atom is 0.269 e. The SMILES string of the molecule is Cc1cc(-c2ccnn2C)nn1-c1ccc([N+](=O)[O-])cc1. The van der Waals surface area contributed by atoms with E-state index in [0.717, 1.165) is 22.8 Å². The van der Waals surface area contributed by atoms with Crippen molar-refractivity contribution in [3.63, 3.8) is 0 Å².